The average Bonchev–Trinajstić information content (AvgIpc) is 2.44. The summed E-state index contributed by atoms with van der Waals surface area (Å²) in [7, 11) is 0. The van der Waals surface area contributed by atoms with Crippen molar-refractivity contribution in [3.8, 4) is 0 Å². The predicted molar refractivity (Wildman–Crippen MR) is 83.6 cm³/mol. The lowest BCUT2D eigenvalue weighted by atomic mass is 10.0. The van der Waals surface area contributed by atoms with Gasteiger partial charge in [-0.25, -0.2) is 4.39 Å². The van der Waals surface area contributed by atoms with Gasteiger partial charge in [0.15, 0.2) is 0 Å². The fourth-order valence-corrected chi connectivity index (χ4v) is 2.30. The van der Waals surface area contributed by atoms with Gasteiger partial charge in [0.25, 0.3) is 0 Å². The maximum atomic E-state index is 13.5. The second-order valence-electron chi connectivity index (χ2n) is 4.88. The third kappa shape index (κ3) is 6.27. The summed E-state index contributed by atoms with van der Waals surface area (Å²) in [6.45, 7) is 2.68. The molecular formula is C16H21ClFNO2. The summed E-state index contributed by atoms with van der Waals surface area (Å²) in [4.78, 5) is 11.7. The van der Waals surface area contributed by atoms with Gasteiger partial charge in [-0.15, -0.1) is 0 Å². The van der Waals surface area contributed by atoms with Crippen LogP contribution in [0.1, 0.15) is 31.7 Å². The normalized spacial score (nSPS) is 12.6. The number of aliphatic hydroxyl groups is 1. The van der Waals surface area contributed by atoms with Crippen LogP contribution < -0.4 is 5.32 Å². The molecule has 0 fully saturated rings. The van der Waals surface area contributed by atoms with Crippen LogP contribution in [0, 0.1) is 11.7 Å². The molecule has 3 nitrogen and oxygen atoms in total. The summed E-state index contributed by atoms with van der Waals surface area (Å²) in [5.74, 6) is -0.501. The van der Waals surface area contributed by atoms with Crippen molar-refractivity contribution in [2.24, 2.45) is 5.92 Å². The highest BCUT2D eigenvalue weighted by Crippen LogP contribution is 2.20. The third-order valence-electron chi connectivity index (χ3n) is 3.20. The lowest BCUT2D eigenvalue weighted by molar-refractivity contribution is -0.116. The van der Waals surface area contributed by atoms with Crippen LogP contribution in [-0.4, -0.2) is 24.2 Å². The number of halogens is 2. The Morgan fingerprint density at radius 2 is 2.24 bits per heavy atom. The lowest BCUT2D eigenvalue weighted by Crippen LogP contribution is -2.28. The second-order valence-corrected chi connectivity index (χ2v) is 5.29. The molecule has 0 aliphatic rings. The van der Waals surface area contributed by atoms with Crippen LogP contribution in [0.15, 0.2) is 24.3 Å². The first kappa shape index (κ1) is 17.7. The maximum Gasteiger partial charge on any atom is 0.244 e. The molecule has 2 N–H and O–H groups in total. The molecule has 0 heterocycles. The number of rotatable bonds is 8. The zero-order valence-electron chi connectivity index (χ0n) is 12.1. The molecule has 0 radical (unpaired) electrons. The van der Waals surface area contributed by atoms with E-state index in [2.05, 4.69) is 12.2 Å². The van der Waals surface area contributed by atoms with Crippen molar-refractivity contribution in [2.75, 3.05) is 13.2 Å². The molecule has 0 aliphatic heterocycles. The van der Waals surface area contributed by atoms with Gasteiger partial charge in [-0.3, -0.25) is 4.79 Å². The third-order valence-corrected chi connectivity index (χ3v) is 3.53. The number of hydrogen-bond acceptors (Lipinski definition) is 2. The SMILES string of the molecule is CCCC(CCO)CNC(=O)/C=C/c1c(F)cccc1Cl. The molecule has 1 rings (SSSR count). The topological polar surface area (TPSA) is 49.3 Å². The molecule has 0 saturated carbocycles. The van der Waals surface area contributed by atoms with Crippen LogP contribution in [0.4, 0.5) is 4.39 Å². The molecule has 1 amide bonds. The smallest absolute Gasteiger partial charge is 0.244 e. The van der Waals surface area contributed by atoms with Crippen LogP contribution in [-0.2, 0) is 4.79 Å². The average molecular weight is 314 g/mol. The number of aliphatic hydroxyl groups excluding tert-OH is 1. The van der Waals surface area contributed by atoms with Gasteiger partial charge in [-0.2, -0.15) is 0 Å². The van der Waals surface area contributed by atoms with Crippen LogP contribution in [0.25, 0.3) is 6.08 Å². The van der Waals surface area contributed by atoms with Gasteiger partial charge in [-0.1, -0.05) is 31.0 Å². The standard InChI is InChI=1S/C16H21ClFNO2/c1-2-4-12(9-10-20)11-19-16(21)8-7-13-14(17)5-3-6-15(13)18/h3,5-8,12,20H,2,4,9-11H2,1H3,(H,19,21)/b8-7+. The van der Waals surface area contributed by atoms with Crippen molar-refractivity contribution in [2.45, 2.75) is 26.2 Å². The van der Waals surface area contributed by atoms with Gasteiger partial charge >= 0.3 is 0 Å². The highest BCUT2D eigenvalue weighted by Gasteiger charge is 2.08. The van der Waals surface area contributed by atoms with Gasteiger partial charge in [0.2, 0.25) is 5.91 Å². The van der Waals surface area contributed by atoms with Crippen molar-refractivity contribution in [1.82, 2.24) is 5.32 Å². The quantitative estimate of drug-likeness (QED) is 0.723. The fraction of sp³-hybridized carbons (Fsp3) is 0.438. The van der Waals surface area contributed by atoms with Crippen molar-refractivity contribution in [3.63, 3.8) is 0 Å². The molecule has 1 aromatic carbocycles. The van der Waals surface area contributed by atoms with Crippen molar-refractivity contribution < 1.29 is 14.3 Å². The van der Waals surface area contributed by atoms with E-state index in [1.165, 1.54) is 24.3 Å². The molecule has 0 aromatic heterocycles. The minimum absolute atomic E-state index is 0.112. The van der Waals surface area contributed by atoms with E-state index in [4.69, 9.17) is 16.7 Å². The summed E-state index contributed by atoms with van der Waals surface area (Å²) in [6, 6.07) is 4.38. The van der Waals surface area contributed by atoms with Gasteiger partial charge in [0, 0.05) is 24.8 Å². The van der Waals surface area contributed by atoms with Crippen LogP contribution in [0.2, 0.25) is 5.02 Å². The van der Waals surface area contributed by atoms with E-state index in [0.717, 1.165) is 12.8 Å². The summed E-state index contributed by atoms with van der Waals surface area (Å²) >= 11 is 5.87. The molecule has 21 heavy (non-hydrogen) atoms. The Labute approximate surface area is 129 Å². The van der Waals surface area contributed by atoms with Gasteiger partial charge in [0.05, 0.1) is 5.02 Å². The van der Waals surface area contributed by atoms with Crippen LogP contribution in [0.3, 0.4) is 0 Å². The monoisotopic (exact) mass is 313 g/mol. The van der Waals surface area contributed by atoms with Crippen LogP contribution >= 0.6 is 11.6 Å². The zero-order chi connectivity index (χ0) is 15.7. The summed E-state index contributed by atoms with van der Waals surface area (Å²) in [6.07, 6.45) is 5.25. The van der Waals surface area contributed by atoms with E-state index in [9.17, 15) is 9.18 Å². The molecule has 5 heteroatoms. The number of benzene rings is 1. The number of carbonyl (C=O) groups is 1. The molecular weight excluding hydrogens is 293 g/mol. The van der Waals surface area contributed by atoms with Crippen molar-refractivity contribution in [3.05, 3.63) is 40.7 Å². The second kappa shape index (κ2) is 9.53. The molecule has 1 unspecified atom stereocenters. The van der Waals surface area contributed by atoms with E-state index in [0.29, 0.717) is 13.0 Å². The minimum Gasteiger partial charge on any atom is -0.396 e. The Balaban J connectivity index is 2.55. The van der Waals surface area contributed by atoms with Crippen molar-refractivity contribution in [1.29, 1.82) is 0 Å². The number of hydrogen-bond donors (Lipinski definition) is 2. The first-order valence-electron chi connectivity index (χ1n) is 7.09. The number of nitrogens with one attached hydrogen (secondary N) is 1. The lowest BCUT2D eigenvalue weighted by Gasteiger charge is -2.14. The Morgan fingerprint density at radius 1 is 1.48 bits per heavy atom. The molecule has 1 aromatic rings. The van der Waals surface area contributed by atoms with Gasteiger partial charge < -0.3 is 10.4 Å². The zero-order valence-corrected chi connectivity index (χ0v) is 12.9. The van der Waals surface area contributed by atoms with Crippen LogP contribution in [0.5, 0.6) is 0 Å². The summed E-state index contributed by atoms with van der Waals surface area (Å²) < 4.78 is 13.5. The Kier molecular flexibility index (Phi) is 8.01. The fourth-order valence-electron chi connectivity index (χ4n) is 2.07. The van der Waals surface area contributed by atoms with Gasteiger partial charge in [-0.05, 0) is 37.0 Å². The highest BCUT2D eigenvalue weighted by molar-refractivity contribution is 6.32. The van der Waals surface area contributed by atoms with Crippen molar-refractivity contribution >= 4 is 23.6 Å². The predicted octanol–water partition coefficient (Wildman–Crippen LogP) is 3.41. The molecule has 1 atom stereocenters. The Hall–Kier alpha value is -1.39. The van der Waals surface area contributed by atoms with Gasteiger partial charge in [0.1, 0.15) is 5.82 Å². The molecule has 0 aliphatic carbocycles. The Morgan fingerprint density at radius 3 is 2.86 bits per heavy atom. The largest absolute Gasteiger partial charge is 0.396 e. The number of amides is 1. The molecule has 116 valence electrons. The van der Waals surface area contributed by atoms with E-state index in [1.807, 2.05) is 0 Å². The van der Waals surface area contributed by atoms with E-state index in [1.54, 1.807) is 6.07 Å². The maximum absolute atomic E-state index is 13.5. The highest BCUT2D eigenvalue weighted by atomic mass is 35.5. The molecule has 0 spiro atoms. The van der Waals surface area contributed by atoms with E-state index >= 15 is 0 Å². The Bertz CT molecular complexity index is 465. The molecule has 0 saturated heterocycles. The summed E-state index contributed by atoms with van der Waals surface area (Å²) in [5.41, 5.74) is 0.204. The minimum atomic E-state index is -0.462. The molecule has 0 bridgehead atoms. The number of carbonyl (C=O) groups excluding carboxylic acids is 1. The van der Waals surface area contributed by atoms with E-state index < -0.39 is 5.82 Å². The summed E-state index contributed by atoms with van der Waals surface area (Å²) in [5, 5.41) is 12.0. The van der Waals surface area contributed by atoms with E-state index in [-0.39, 0.29) is 29.0 Å². The first-order valence-corrected chi connectivity index (χ1v) is 7.47. The first-order chi connectivity index (χ1) is 10.1.